The number of hydrogen-bond donors (Lipinski definition) is 0. The van der Waals surface area contributed by atoms with Gasteiger partial charge in [-0.2, -0.15) is 0 Å². The number of ether oxygens (including phenoxy) is 5. The predicted octanol–water partition coefficient (Wildman–Crippen LogP) is 3.07. The van der Waals surface area contributed by atoms with Crippen LogP contribution in [0.2, 0.25) is 0 Å². The summed E-state index contributed by atoms with van der Waals surface area (Å²) < 4.78 is 28.1. The summed E-state index contributed by atoms with van der Waals surface area (Å²) in [7, 11) is 3.31. The molecule has 0 unspecified atom stereocenters. The summed E-state index contributed by atoms with van der Waals surface area (Å²) in [6.45, 7) is 2.24. The first-order valence-electron chi connectivity index (χ1n) is 10.7. The van der Waals surface area contributed by atoms with Gasteiger partial charge in [-0.3, -0.25) is 4.79 Å². The number of methoxy groups -OCH3 is 2. The minimum Gasteiger partial charge on any atom is -0.493 e. The van der Waals surface area contributed by atoms with Gasteiger partial charge in [-0.15, -0.1) is 0 Å². The van der Waals surface area contributed by atoms with Crippen LogP contribution in [0.1, 0.15) is 29.5 Å². The molecule has 1 amide bonds. The summed E-state index contributed by atoms with van der Waals surface area (Å²) in [5, 5.41) is 0. The molecule has 0 N–H and O–H groups in total. The number of piperidine rings is 1. The Labute approximate surface area is 181 Å². The summed E-state index contributed by atoms with van der Waals surface area (Å²) in [4.78, 5) is 14.9. The molecule has 0 radical (unpaired) electrons. The van der Waals surface area contributed by atoms with E-state index in [1.165, 1.54) is 11.1 Å². The Morgan fingerprint density at radius 1 is 1.03 bits per heavy atom. The Kier molecular flexibility index (Phi) is 5.14. The molecule has 31 heavy (non-hydrogen) atoms. The van der Waals surface area contributed by atoms with E-state index in [9.17, 15) is 4.79 Å². The maximum atomic E-state index is 12.9. The molecule has 164 valence electrons. The van der Waals surface area contributed by atoms with E-state index in [1.54, 1.807) is 14.2 Å². The van der Waals surface area contributed by atoms with Crippen molar-refractivity contribution in [3.63, 3.8) is 0 Å². The zero-order valence-electron chi connectivity index (χ0n) is 17.9. The van der Waals surface area contributed by atoms with Crippen LogP contribution in [-0.4, -0.2) is 51.5 Å². The highest BCUT2D eigenvalue weighted by Crippen LogP contribution is 2.45. The summed E-state index contributed by atoms with van der Waals surface area (Å²) in [6.07, 6.45) is 2.74. The molecule has 2 aromatic carbocycles. The second-order valence-electron chi connectivity index (χ2n) is 8.20. The van der Waals surface area contributed by atoms with Gasteiger partial charge in [0.15, 0.2) is 23.0 Å². The van der Waals surface area contributed by atoms with Gasteiger partial charge in [0.05, 0.1) is 32.8 Å². The lowest BCUT2D eigenvalue weighted by Crippen LogP contribution is -2.48. The molecule has 0 saturated carbocycles. The van der Waals surface area contributed by atoms with Crippen LogP contribution in [0.15, 0.2) is 30.3 Å². The van der Waals surface area contributed by atoms with Crippen molar-refractivity contribution in [3.8, 4) is 23.0 Å². The summed E-state index contributed by atoms with van der Waals surface area (Å²) in [5.41, 5.74) is 2.97. The molecule has 2 aromatic rings. The van der Waals surface area contributed by atoms with Crippen molar-refractivity contribution in [2.75, 3.05) is 40.7 Å². The SMILES string of the molecule is COc1cc2c(cc1OC)C1(CCN(C(=O)Cc3ccc4c(c3)OCO4)CC1)OCC2. The molecule has 7 nitrogen and oxygen atoms in total. The van der Waals surface area contributed by atoms with Gasteiger partial charge < -0.3 is 28.6 Å². The minimum absolute atomic E-state index is 0.122. The number of likely N-dealkylation sites (tertiary alicyclic amines) is 1. The van der Waals surface area contributed by atoms with Gasteiger partial charge in [0.25, 0.3) is 0 Å². The molecule has 1 spiro atoms. The Balaban J connectivity index is 1.30. The number of benzene rings is 2. The molecule has 0 aromatic heterocycles. The average Bonchev–Trinajstić information content (AvgIpc) is 3.27. The smallest absolute Gasteiger partial charge is 0.231 e. The normalized spacial score (nSPS) is 18.6. The second kappa shape index (κ2) is 7.96. The standard InChI is InChI=1S/C24H27NO6/c1-27-20-13-17-5-10-31-24(18(17)14-21(20)28-2)6-8-25(9-7-24)23(26)12-16-3-4-19-22(11-16)30-15-29-19/h3-4,11,13-14H,5-10,12,15H2,1-2H3. The van der Waals surface area contributed by atoms with Gasteiger partial charge in [-0.1, -0.05) is 6.07 Å². The lowest BCUT2D eigenvalue weighted by Gasteiger charge is -2.45. The third kappa shape index (κ3) is 3.57. The average molecular weight is 425 g/mol. The highest BCUT2D eigenvalue weighted by Gasteiger charge is 2.42. The summed E-state index contributed by atoms with van der Waals surface area (Å²) in [6, 6.07) is 9.81. The fraction of sp³-hybridized carbons (Fsp3) is 0.458. The van der Waals surface area contributed by atoms with Crippen molar-refractivity contribution in [3.05, 3.63) is 47.0 Å². The monoisotopic (exact) mass is 425 g/mol. The van der Waals surface area contributed by atoms with Crippen LogP contribution in [0.25, 0.3) is 0 Å². The van der Waals surface area contributed by atoms with Gasteiger partial charge in [-0.25, -0.2) is 0 Å². The van der Waals surface area contributed by atoms with Crippen LogP contribution in [0.4, 0.5) is 0 Å². The van der Waals surface area contributed by atoms with Crippen LogP contribution in [0, 0.1) is 0 Å². The van der Waals surface area contributed by atoms with Crippen molar-refractivity contribution in [1.82, 2.24) is 4.90 Å². The lowest BCUT2D eigenvalue weighted by atomic mass is 9.79. The van der Waals surface area contributed by atoms with Crippen molar-refractivity contribution >= 4 is 5.91 Å². The molecular formula is C24H27NO6. The third-order valence-electron chi connectivity index (χ3n) is 6.57. The number of carbonyl (C=O) groups is 1. The number of nitrogens with zero attached hydrogens (tertiary/aromatic N) is 1. The van der Waals surface area contributed by atoms with Gasteiger partial charge in [0, 0.05) is 13.1 Å². The molecule has 3 aliphatic heterocycles. The number of fused-ring (bicyclic) bond motifs is 3. The highest BCUT2D eigenvalue weighted by molar-refractivity contribution is 5.79. The van der Waals surface area contributed by atoms with E-state index in [-0.39, 0.29) is 18.3 Å². The molecular weight excluding hydrogens is 398 g/mol. The van der Waals surface area contributed by atoms with Gasteiger partial charge in [0.1, 0.15) is 0 Å². The Morgan fingerprint density at radius 3 is 2.55 bits per heavy atom. The van der Waals surface area contributed by atoms with Crippen LogP contribution in [-0.2, 0) is 28.0 Å². The Hall–Kier alpha value is -2.93. The number of amides is 1. The number of hydrogen-bond acceptors (Lipinski definition) is 6. The van der Waals surface area contributed by atoms with Gasteiger partial charge in [-0.05, 0) is 60.2 Å². The molecule has 1 fully saturated rings. The van der Waals surface area contributed by atoms with Gasteiger partial charge in [0.2, 0.25) is 12.7 Å². The van der Waals surface area contributed by atoms with Crippen molar-refractivity contribution in [2.45, 2.75) is 31.3 Å². The van der Waals surface area contributed by atoms with E-state index in [0.29, 0.717) is 37.6 Å². The largest absolute Gasteiger partial charge is 0.493 e. The zero-order valence-corrected chi connectivity index (χ0v) is 17.9. The van der Waals surface area contributed by atoms with Crippen LogP contribution < -0.4 is 18.9 Å². The van der Waals surface area contributed by atoms with E-state index < -0.39 is 0 Å². The number of rotatable bonds is 4. The van der Waals surface area contributed by atoms with Crippen molar-refractivity contribution in [1.29, 1.82) is 0 Å². The zero-order chi connectivity index (χ0) is 21.4. The van der Waals surface area contributed by atoms with E-state index >= 15 is 0 Å². The first kappa shape index (κ1) is 20.0. The second-order valence-corrected chi connectivity index (χ2v) is 8.20. The highest BCUT2D eigenvalue weighted by atomic mass is 16.7. The van der Waals surface area contributed by atoms with Crippen LogP contribution in [0.5, 0.6) is 23.0 Å². The summed E-state index contributed by atoms with van der Waals surface area (Å²) >= 11 is 0. The molecule has 5 rings (SSSR count). The Morgan fingerprint density at radius 2 is 1.77 bits per heavy atom. The summed E-state index contributed by atoms with van der Waals surface area (Å²) in [5.74, 6) is 3.02. The Bertz CT molecular complexity index is 996. The fourth-order valence-corrected chi connectivity index (χ4v) is 4.85. The number of carbonyl (C=O) groups excluding carboxylic acids is 1. The quantitative estimate of drug-likeness (QED) is 0.750. The van der Waals surface area contributed by atoms with Crippen LogP contribution in [0.3, 0.4) is 0 Å². The molecule has 3 heterocycles. The molecule has 0 atom stereocenters. The topological polar surface area (TPSA) is 66.5 Å². The van der Waals surface area contributed by atoms with E-state index in [0.717, 1.165) is 36.3 Å². The minimum atomic E-state index is -0.372. The van der Waals surface area contributed by atoms with Crippen molar-refractivity contribution < 1.29 is 28.5 Å². The van der Waals surface area contributed by atoms with Crippen LogP contribution >= 0.6 is 0 Å². The molecule has 7 heteroatoms. The van der Waals surface area contributed by atoms with Crippen molar-refractivity contribution in [2.24, 2.45) is 0 Å². The fourth-order valence-electron chi connectivity index (χ4n) is 4.85. The maximum Gasteiger partial charge on any atom is 0.231 e. The van der Waals surface area contributed by atoms with Gasteiger partial charge >= 0.3 is 0 Å². The molecule has 3 aliphatic rings. The molecule has 0 aliphatic carbocycles. The lowest BCUT2D eigenvalue weighted by molar-refractivity contribution is -0.140. The first-order valence-corrected chi connectivity index (χ1v) is 10.7. The van der Waals surface area contributed by atoms with E-state index in [1.807, 2.05) is 23.1 Å². The van der Waals surface area contributed by atoms with E-state index in [2.05, 4.69) is 12.1 Å². The maximum absolute atomic E-state index is 12.9. The molecule has 1 saturated heterocycles. The van der Waals surface area contributed by atoms with E-state index in [4.69, 9.17) is 23.7 Å². The predicted molar refractivity (Wildman–Crippen MR) is 113 cm³/mol. The third-order valence-corrected chi connectivity index (χ3v) is 6.57. The molecule has 0 bridgehead atoms. The first-order chi connectivity index (χ1) is 15.1.